The van der Waals surface area contributed by atoms with Crippen LogP contribution in [0.5, 0.6) is 11.5 Å². The van der Waals surface area contributed by atoms with Crippen molar-refractivity contribution in [2.75, 3.05) is 25.3 Å². The standard InChI is InChI=1S/C22H25N5O4S/c1-4-27-19(13-23-21(29)15-8-7-9-16(12-15)30-2)25-26-22(27)32-14-20(28)24-17-10-5-6-11-18(17)31-3/h5-12H,4,13-14H2,1-3H3,(H,23,29)(H,24,28). The van der Waals surface area contributed by atoms with Gasteiger partial charge in [-0.1, -0.05) is 30.0 Å². The van der Waals surface area contributed by atoms with Crippen LogP contribution in [0.4, 0.5) is 5.69 Å². The molecule has 0 atom stereocenters. The van der Waals surface area contributed by atoms with Gasteiger partial charge in [-0.15, -0.1) is 10.2 Å². The van der Waals surface area contributed by atoms with Gasteiger partial charge in [0.15, 0.2) is 11.0 Å². The van der Waals surface area contributed by atoms with Crippen LogP contribution in [0.2, 0.25) is 0 Å². The Kier molecular flexibility index (Phi) is 8.09. The first-order chi connectivity index (χ1) is 15.5. The fraction of sp³-hybridized carbons (Fsp3) is 0.273. The summed E-state index contributed by atoms with van der Waals surface area (Å²) in [5.74, 6) is 1.55. The van der Waals surface area contributed by atoms with Crippen LogP contribution >= 0.6 is 11.8 Å². The Hall–Kier alpha value is -3.53. The highest BCUT2D eigenvalue weighted by atomic mass is 32.2. The Bertz CT molecular complexity index is 1090. The molecule has 0 saturated heterocycles. The average molecular weight is 456 g/mol. The lowest BCUT2D eigenvalue weighted by Gasteiger charge is -2.10. The summed E-state index contributed by atoms with van der Waals surface area (Å²) in [6.45, 7) is 2.77. The van der Waals surface area contributed by atoms with E-state index in [9.17, 15) is 9.59 Å². The molecule has 10 heteroatoms. The first-order valence-corrected chi connectivity index (χ1v) is 10.9. The van der Waals surface area contributed by atoms with Crippen molar-refractivity contribution in [1.29, 1.82) is 0 Å². The Morgan fingerprint density at radius 3 is 2.62 bits per heavy atom. The maximum atomic E-state index is 12.4. The molecular formula is C22H25N5O4S. The zero-order valence-corrected chi connectivity index (χ0v) is 18.9. The summed E-state index contributed by atoms with van der Waals surface area (Å²) in [5, 5.41) is 14.6. The minimum Gasteiger partial charge on any atom is -0.497 e. The molecule has 0 bridgehead atoms. The number of nitrogens with one attached hydrogen (secondary N) is 2. The van der Waals surface area contributed by atoms with Crippen molar-refractivity contribution in [1.82, 2.24) is 20.1 Å². The summed E-state index contributed by atoms with van der Waals surface area (Å²) >= 11 is 1.28. The molecule has 9 nitrogen and oxygen atoms in total. The number of para-hydroxylation sites is 2. The zero-order chi connectivity index (χ0) is 22.9. The van der Waals surface area contributed by atoms with Gasteiger partial charge in [-0.25, -0.2) is 0 Å². The minimum atomic E-state index is -0.236. The summed E-state index contributed by atoms with van der Waals surface area (Å²) in [6.07, 6.45) is 0. The van der Waals surface area contributed by atoms with Gasteiger partial charge in [-0.05, 0) is 37.3 Å². The fourth-order valence-electron chi connectivity index (χ4n) is 2.96. The Morgan fingerprint density at radius 1 is 1.06 bits per heavy atom. The lowest BCUT2D eigenvalue weighted by molar-refractivity contribution is -0.113. The molecule has 1 heterocycles. The monoisotopic (exact) mass is 455 g/mol. The average Bonchev–Trinajstić information content (AvgIpc) is 3.23. The molecule has 0 spiro atoms. The van der Waals surface area contributed by atoms with Crippen LogP contribution in [0, 0.1) is 0 Å². The normalized spacial score (nSPS) is 10.5. The summed E-state index contributed by atoms with van der Waals surface area (Å²) in [4.78, 5) is 24.8. The number of thioether (sulfide) groups is 1. The van der Waals surface area contributed by atoms with E-state index in [0.717, 1.165) is 0 Å². The van der Waals surface area contributed by atoms with Crippen LogP contribution < -0.4 is 20.1 Å². The third-order valence-corrected chi connectivity index (χ3v) is 5.53. The van der Waals surface area contributed by atoms with E-state index in [1.54, 1.807) is 50.6 Å². The van der Waals surface area contributed by atoms with Gasteiger partial charge in [0.1, 0.15) is 11.5 Å². The molecular weight excluding hydrogens is 430 g/mol. The van der Waals surface area contributed by atoms with E-state index in [4.69, 9.17) is 9.47 Å². The number of hydrogen-bond acceptors (Lipinski definition) is 7. The number of anilines is 1. The number of nitrogens with zero attached hydrogens (tertiary/aromatic N) is 3. The Morgan fingerprint density at radius 2 is 1.88 bits per heavy atom. The second-order valence-corrected chi connectivity index (χ2v) is 7.54. The van der Waals surface area contributed by atoms with Gasteiger partial charge in [-0.3, -0.25) is 9.59 Å². The van der Waals surface area contributed by atoms with Crippen LogP contribution in [0.25, 0.3) is 0 Å². The van der Waals surface area contributed by atoms with Gasteiger partial charge in [-0.2, -0.15) is 0 Å². The third kappa shape index (κ3) is 5.79. The number of aromatic nitrogens is 3. The molecule has 0 saturated carbocycles. The number of carbonyl (C=O) groups excluding carboxylic acids is 2. The quantitative estimate of drug-likeness (QED) is 0.453. The van der Waals surface area contributed by atoms with Crippen LogP contribution in [0.1, 0.15) is 23.1 Å². The van der Waals surface area contributed by atoms with E-state index in [1.165, 1.54) is 11.8 Å². The van der Waals surface area contributed by atoms with Crippen LogP contribution in [-0.4, -0.2) is 46.6 Å². The maximum absolute atomic E-state index is 12.4. The topological polar surface area (TPSA) is 107 Å². The minimum absolute atomic E-state index is 0.159. The SMILES string of the molecule is CCn1c(CNC(=O)c2cccc(OC)c2)nnc1SCC(=O)Nc1ccccc1OC. The summed E-state index contributed by atoms with van der Waals surface area (Å²) in [6, 6.07) is 14.1. The number of hydrogen-bond donors (Lipinski definition) is 2. The van der Waals surface area contributed by atoms with Gasteiger partial charge in [0.25, 0.3) is 5.91 Å². The summed E-state index contributed by atoms with van der Waals surface area (Å²) < 4.78 is 12.3. The van der Waals surface area contributed by atoms with E-state index < -0.39 is 0 Å². The first-order valence-electron chi connectivity index (χ1n) is 9.95. The van der Waals surface area contributed by atoms with Gasteiger partial charge < -0.3 is 24.7 Å². The third-order valence-electron chi connectivity index (χ3n) is 4.56. The highest BCUT2D eigenvalue weighted by Crippen LogP contribution is 2.24. The molecule has 2 N–H and O–H groups in total. The maximum Gasteiger partial charge on any atom is 0.251 e. The van der Waals surface area contributed by atoms with Gasteiger partial charge in [0.2, 0.25) is 5.91 Å². The van der Waals surface area contributed by atoms with Crippen LogP contribution in [0.3, 0.4) is 0 Å². The van der Waals surface area contributed by atoms with E-state index in [0.29, 0.717) is 40.3 Å². The molecule has 168 valence electrons. The lowest BCUT2D eigenvalue weighted by Crippen LogP contribution is -2.24. The van der Waals surface area contributed by atoms with Crippen molar-refractivity contribution in [3.63, 3.8) is 0 Å². The van der Waals surface area contributed by atoms with Crippen molar-refractivity contribution < 1.29 is 19.1 Å². The number of rotatable bonds is 10. The molecule has 0 aliphatic heterocycles. The number of carbonyl (C=O) groups is 2. The smallest absolute Gasteiger partial charge is 0.251 e. The molecule has 3 rings (SSSR count). The number of benzene rings is 2. The molecule has 3 aromatic rings. The molecule has 0 radical (unpaired) electrons. The largest absolute Gasteiger partial charge is 0.497 e. The zero-order valence-electron chi connectivity index (χ0n) is 18.1. The van der Waals surface area contributed by atoms with Crippen molar-refractivity contribution >= 4 is 29.3 Å². The lowest BCUT2D eigenvalue weighted by atomic mass is 10.2. The second-order valence-electron chi connectivity index (χ2n) is 6.59. The Labute approximate surface area is 190 Å². The number of amides is 2. The Balaban J connectivity index is 1.58. The molecule has 0 aliphatic rings. The van der Waals surface area contributed by atoms with Gasteiger partial charge in [0, 0.05) is 12.1 Å². The van der Waals surface area contributed by atoms with Gasteiger partial charge >= 0.3 is 0 Å². The summed E-state index contributed by atoms with van der Waals surface area (Å²) in [5.41, 5.74) is 1.10. The molecule has 2 amide bonds. The second kappa shape index (κ2) is 11.2. The molecule has 0 unspecified atom stereocenters. The van der Waals surface area contributed by atoms with E-state index in [2.05, 4.69) is 20.8 Å². The van der Waals surface area contributed by atoms with E-state index >= 15 is 0 Å². The predicted octanol–water partition coefficient (Wildman–Crippen LogP) is 2.98. The molecule has 0 aliphatic carbocycles. The fourth-order valence-corrected chi connectivity index (χ4v) is 3.79. The predicted molar refractivity (Wildman–Crippen MR) is 122 cm³/mol. The van der Waals surface area contributed by atoms with Crippen LogP contribution in [0.15, 0.2) is 53.7 Å². The summed E-state index contributed by atoms with van der Waals surface area (Å²) in [7, 11) is 3.11. The van der Waals surface area contributed by atoms with Crippen molar-refractivity contribution in [2.24, 2.45) is 0 Å². The van der Waals surface area contributed by atoms with E-state index in [1.807, 2.05) is 23.6 Å². The molecule has 32 heavy (non-hydrogen) atoms. The number of ether oxygens (including phenoxy) is 2. The van der Waals surface area contributed by atoms with Crippen LogP contribution in [-0.2, 0) is 17.9 Å². The first kappa shape index (κ1) is 23.1. The molecule has 2 aromatic carbocycles. The highest BCUT2D eigenvalue weighted by Gasteiger charge is 2.15. The van der Waals surface area contributed by atoms with Crippen molar-refractivity contribution in [3.05, 3.63) is 59.9 Å². The van der Waals surface area contributed by atoms with Crippen molar-refractivity contribution in [2.45, 2.75) is 25.2 Å². The van der Waals surface area contributed by atoms with Crippen molar-refractivity contribution in [3.8, 4) is 11.5 Å². The molecule has 1 aromatic heterocycles. The van der Waals surface area contributed by atoms with E-state index in [-0.39, 0.29) is 24.1 Å². The van der Waals surface area contributed by atoms with Gasteiger partial charge in [0.05, 0.1) is 32.2 Å². The highest BCUT2D eigenvalue weighted by molar-refractivity contribution is 7.99. The molecule has 0 fully saturated rings. The number of methoxy groups -OCH3 is 2.